The molecule has 4 aromatic carbocycles. The minimum Gasteiger partial charge on any atom is -0.253 e. The first-order valence-corrected chi connectivity index (χ1v) is 9.76. The molecule has 0 fully saturated rings. The van der Waals surface area contributed by atoms with Crippen molar-refractivity contribution in [1.82, 2.24) is 0 Å². The van der Waals surface area contributed by atoms with Gasteiger partial charge in [0.1, 0.15) is 0 Å². The van der Waals surface area contributed by atoms with E-state index in [9.17, 15) is 0 Å². The zero-order chi connectivity index (χ0) is 20.1. The minimum absolute atomic E-state index is 0.772. The molecule has 0 radical (unpaired) electrons. The Kier molecular flexibility index (Phi) is 5.49. The highest BCUT2D eigenvalue weighted by Gasteiger charge is 2.04. The number of nitrogens with zero attached hydrogens (tertiary/aromatic N) is 1. The van der Waals surface area contributed by atoms with Gasteiger partial charge in [0.25, 0.3) is 0 Å². The van der Waals surface area contributed by atoms with Crippen LogP contribution in [0.3, 0.4) is 0 Å². The van der Waals surface area contributed by atoms with Gasteiger partial charge in [-0.05, 0) is 40.8 Å². The summed E-state index contributed by atoms with van der Waals surface area (Å²) >= 11 is 0. The summed E-state index contributed by atoms with van der Waals surface area (Å²) < 4.78 is 0. The Hall–Kier alpha value is -3.71. The third-order valence-corrected chi connectivity index (χ3v) is 5.02. The van der Waals surface area contributed by atoms with Crippen LogP contribution in [-0.4, -0.2) is 5.71 Å². The van der Waals surface area contributed by atoms with Gasteiger partial charge in [-0.1, -0.05) is 110 Å². The first-order chi connectivity index (χ1) is 14.2. The summed E-state index contributed by atoms with van der Waals surface area (Å²) in [4.78, 5) is 4.73. The van der Waals surface area contributed by atoms with Gasteiger partial charge in [0, 0.05) is 11.3 Å². The fraction of sp³-hybridized carbons (Fsp3) is 0.0357. The predicted molar refractivity (Wildman–Crippen MR) is 125 cm³/mol. The number of aliphatic imine (C=N–C) groups is 1. The third kappa shape index (κ3) is 4.41. The van der Waals surface area contributed by atoms with Crippen LogP contribution in [0.4, 0.5) is 0 Å². The molecule has 29 heavy (non-hydrogen) atoms. The second-order valence-electron chi connectivity index (χ2n) is 7.03. The number of hydrogen-bond donors (Lipinski definition) is 0. The van der Waals surface area contributed by atoms with E-state index in [1.165, 1.54) is 16.7 Å². The molecule has 4 rings (SSSR count). The molecule has 0 aliphatic heterocycles. The van der Waals surface area contributed by atoms with Crippen molar-refractivity contribution in [3.05, 3.63) is 127 Å². The SMILES string of the molecule is C=C(N=C(C)c1ccccc1)c1cccc(-c2ccc(-c3ccccc3)cc2)c1. The molecule has 0 aliphatic rings. The number of hydrogen-bond acceptors (Lipinski definition) is 1. The summed E-state index contributed by atoms with van der Waals surface area (Å²) in [6.45, 7) is 6.21. The highest BCUT2D eigenvalue weighted by Crippen LogP contribution is 2.27. The van der Waals surface area contributed by atoms with Gasteiger partial charge in [-0.2, -0.15) is 0 Å². The van der Waals surface area contributed by atoms with E-state index in [2.05, 4.69) is 91.5 Å². The largest absolute Gasteiger partial charge is 0.253 e. The summed E-state index contributed by atoms with van der Waals surface area (Å²) in [5.74, 6) is 0. The average Bonchev–Trinajstić information content (AvgIpc) is 2.80. The molecule has 0 bridgehead atoms. The quantitative estimate of drug-likeness (QED) is 0.321. The van der Waals surface area contributed by atoms with E-state index in [0.717, 1.165) is 28.1 Å². The van der Waals surface area contributed by atoms with Crippen molar-refractivity contribution in [2.75, 3.05) is 0 Å². The van der Waals surface area contributed by atoms with E-state index in [4.69, 9.17) is 4.99 Å². The number of benzene rings is 4. The Morgan fingerprint density at radius 3 is 1.69 bits per heavy atom. The molecule has 140 valence electrons. The zero-order valence-corrected chi connectivity index (χ0v) is 16.5. The van der Waals surface area contributed by atoms with Crippen molar-refractivity contribution in [3.63, 3.8) is 0 Å². The number of rotatable bonds is 5. The lowest BCUT2D eigenvalue weighted by Gasteiger charge is -2.08. The lowest BCUT2D eigenvalue weighted by molar-refractivity contribution is 1.47. The van der Waals surface area contributed by atoms with E-state index in [0.29, 0.717) is 0 Å². The van der Waals surface area contributed by atoms with Crippen LogP contribution in [-0.2, 0) is 0 Å². The van der Waals surface area contributed by atoms with E-state index >= 15 is 0 Å². The molecule has 0 unspecified atom stereocenters. The third-order valence-electron chi connectivity index (χ3n) is 5.02. The highest BCUT2D eigenvalue weighted by atomic mass is 14.7. The van der Waals surface area contributed by atoms with Gasteiger partial charge in [-0.15, -0.1) is 0 Å². The summed E-state index contributed by atoms with van der Waals surface area (Å²) in [6.07, 6.45) is 0. The van der Waals surface area contributed by atoms with Crippen LogP contribution in [0.1, 0.15) is 18.1 Å². The molecule has 0 spiro atoms. The maximum atomic E-state index is 4.73. The van der Waals surface area contributed by atoms with Crippen LogP contribution in [0.5, 0.6) is 0 Å². The fourth-order valence-corrected chi connectivity index (χ4v) is 3.37. The standard InChI is InChI=1S/C28H23N/c1-21(23-10-5-3-6-11-23)29-22(2)27-14-9-15-28(20-27)26-18-16-25(17-19-26)24-12-7-4-8-13-24/h3-20H,2H2,1H3. The second kappa shape index (κ2) is 8.53. The van der Waals surface area contributed by atoms with Crippen molar-refractivity contribution in [2.24, 2.45) is 4.99 Å². The second-order valence-corrected chi connectivity index (χ2v) is 7.03. The molecular weight excluding hydrogens is 350 g/mol. The molecular formula is C28H23N. The van der Waals surface area contributed by atoms with E-state index in [1.54, 1.807) is 0 Å². The lowest BCUT2D eigenvalue weighted by atomic mass is 9.98. The molecule has 0 saturated heterocycles. The van der Waals surface area contributed by atoms with Gasteiger partial charge in [0.2, 0.25) is 0 Å². The molecule has 0 aliphatic carbocycles. The normalized spacial score (nSPS) is 11.3. The monoisotopic (exact) mass is 373 g/mol. The van der Waals surface area contributed by atoms with E-state index in [1.807, 2.05) is 31.2 Å². The van der Waals surface area contributed by atoms with Crippen LogP contribution in [0.15, 0.2) is 121 Å². The fourth-order valence-electron chi connectivity index (χ4n) is 3.37. The Bertz CT molecular complexity index is 1140. The molecule has 1 nitrogen and oxygen atoms in total. The maximum absolute atomic E-state index is 4.73. The Labute approximate surface area is 172 Å². The van der Waals surface area contributed by atoms with Crippen molar-refractivity contribution < 1.29 is 0 Å². The molecule has 0 N–H and O–H groups in total. The Morgan fingerprint density at radius 2 is 1.03 bits per heavy atom. The lowest BCUT2D eigenvalue weighted by Crippen LogP contribution is -1.94. The predicted octanol–water partition coefficient (Wildman–Crippen LogP) is 7.50. The summed E-state index contributed by atoms with van der Waals surface area (Å²) in [5, 5.41) is 0. The van der Waals surface area contributed by atoms with Crippen LogP contribution >= 0.6 is 0 Å². The van der Waals surface area contributed by atoms with Gasteiger partial charge in [-0.25, -0.2) is 0 Å². The topological polar surface area (TPSA) is 12.4 Å². The van der Waals surface area contributed by atoms with Crippen molar-refractivity contribution in [2.45, 2.75) is 6.92 Å². The van der Waals surface area contributed by atoms with Gasteiger partial charge >= 0.3 is 0 Å². The van der Waals surface area contributed by atoms with Crippen LogP contribution in [0, 0.1) is 0 Å². The van der Waals surface area contributed by atoms with E-state index in [-0.39, 0.29) is 0 Å². The summed E-state index contributed by atoms with van der Waals surface area (Å²) in [5.41, 5.74) is 8.68. The van der Waals surface area contributed by atoms with Crippen molar-refractivity contribution in [3.8, 4) is 22.3 Å². The maximum Gasteiger partial charge on any atom is 0.0633 e. The van der Waals surface area contributed by atoms with E-state index < -0.39 is 0 Å². The highest BCUT2D eigenvalue weighted by molar-refractivity contribution is 6.01. The van der Waals surface area contributed by atoms with Crippen LogP contribution < -0.4 is 0 Å². The molecule has 0 aromatic heterocycles. The first kappa shape index (κ1) is 18.6. The average molecular weight is 373 g/mol. The van der Waals surface area contributed by atoms with Gasteiger partial charge in [0.05, 0.1) is 5.70 Å². The minimum atomic E-state index is 0.772. The Morgan fingerprint density at radius 1 is 0.552 bits per heavy atom. The molecule has 0 atom stereocenters. The van der Waals surface area contributed by atoms with Crippen molar-refractivity contribution >= 4 is 11.4 Å². The van der Waals surface area contributed by atoms with Crippen LogP contribution in [0.25, 0.3) is 28.0 Å². The zero-order valence-electron chi connectivity index (χ0n) is 16.5. The summed E-state index contributed by atoms with van der Waals surface area (Å²) in [7, 11) is 0. The van der Waals surface area contributed by atoms with Crippen LogP contribution in [0.2, 0.25) is 0 Å². The molecule has 1 heteroatoms. The Balaban J connectivity index is 1.58. The van der Waals surface area contributed by atoms with Gasteiger partial charge < -0.3 is 0 Å². The molecule has 0 amide bonds. The molecule has 0 heterocycles. The first-order valence-electron chi connectivity index (χ1n) is 9.76. The summed E-state index contributed by atoms with van der Waals surface area (Å²) in [6, 6.07) is 37.7. The molecule has 0 saturated carbocycles. The van der Waals surface area contributed by atoms with Gasteiger partial charge in [-0.3, -0.25) is 4.99 Å². The van der Waals surface area contributed by atoms with Crippen molar-refractivity contribution in [1.29, 1.82) is 0 Å². The smallest absolute Gasteiger partial charge is 0.0633 e. The van der Waals surface area contributed by atoms with Gasteiger partial charge in [0.15, 0.2) is 0 Å². The molecule has 4 aromatic rings.